The lowest BCUT2D eigenvalue weighted by Gasteiger charge is -2.93. The van der Waals surface area contributed by atoms with E-state index in [9.17, 15) is 0 Å². The zero-order chi connectivity index (χ0) is 49.6. The molecule has 2 unspecified atom stereocenters. The van der Waals surface area contributed by atoms with Gasteiger partial charge in [-0.25, -0.2) is 0 Å². The average molecular weight is 957 g/mol. The van der Waals surface area contributed by atoms with Crippen molar-refractivity contribution in [2.75, 3.05) is 0 Å². The van der Waals surface area contributed by atoms with Gasteiger partial charge in [0.2, 0.25) is 0 Å². The van der Waals surface area contributed by atoms with Gasteiger partial charge in [0.15, 0.2) is 0 Å². The van der Waals surface area contributed by atoms with Crippen LogP contribution >= 0.6 is 7.68 Å². The maximum atomic E-state index is 17.7. The van der Waals surface area contributed by atoms with Gasteiger partial charge in [0.1, 0.15) is 0 Å². The predicted molar refractivity (Wildman–Crippen MR) is 303 cm³/mol. The average Bonchev–Trinajstić information content (AvgIpc) is 3.21. The first-order valence-corrected chi connectivity index (χ1v) is 37.2. The second-order valence-corrected chi connectivity index (χ2v) is 52.5. The van der Waals surface area contributed by atoms with Crippen molar-refractivity contribution in [3.05, 3.63) is 115 Å². The molecule has 4 aromatic rings. The summed E-state index contributed by atoms with van der Waals surface area (Å²) in [5.41, 5.74) is 18.0. The van der Waals surface area contributed by atoms with Crippen molar-refractivity contribution < 1.29 is 4.79 Å². The van der Waals surface area contributed by atoms with Crippen LogP contribution in [0.1, 0.15) is 304 Å². The molecule has 7 rings (SSSR count). The van der Waals surface area contributed by atoms with E-state index in [1.54, 1.807) is 50.7 Å². The fourth-order valence-electron chi connectivity index (χ4n) is 12.3. The van der Waals surface area contributed by atoms with Crippen LogP contribution in [0, 0.1) is 0 Å². The number of carbonyl (C=O) groups excluding carboxylic acids is 1. The first-order valence-electron chi connectivity index (χ1n) is 26.6. The Balaban J connectivity index is 2.13. The fraction of sp³-hybridized carbons (Fsp3) is 0.590. The standard InChI is InChI=1S/C61H92OPSi3/c1-33(2)45-25-49(37(9)10)57(50(26-45)38(11)12)64-61(62)65(63-64,58-51(39(13)14)27-46(34(3)4)28-52(58)40(15)16)66(64,59-53(41(17)18)29-47(35(5)6)30-54(59)42(19)20)60-55(43(21)22)31-48(36(7)8)32-56(60)44(23)24/h25-44H,1-24H3/q-1. The number of carbonyl (C=O) groups is 1. The largest absolute Gasteiger partial charge is 0.520 e. The third kappa shape index (κ3) is 7.87. The zero-order valence-corrected chi connectivity index (χ0v) is 50.3. The molecule has 0 aromatic heterocycles. The van der Waals surface area contributed by atoms with Gasteiger partial charge in [-0.15, -0.1) is 0 Å². The van der Waals surface area contributed by atoms with E-state index in [2.05, 4.69) is 215 Å². The predicted octanol–water partition coefficient (Wildman–Crippen LogP) is 16.8. The Hall–Kier alpha value is -2.37. The van der Waals surface area contributed by atoms with Gasteiger partial charge in [-0.1, -0.05) is 235 Å². The third-order valence-electron chi connectivity index (χ3n) is 16.1. The minimum absolute atomic E-state index is 0.308. The molecule has 2 bridgehead atoms. The van der Waals surface area contributed by atoms with Gasteiger partial charge in [0.05, 0.1) is 7.11 Å². The Kier molecular flexibility index (Phi) is 15.3. The molecule has 0 spiro atoms. The molecule has 0 amide bonds. The maximum Gasteiger partial charge on any atom is 0.0775 e. The van der Waals surface area contributed by atoms with E-state index in [1.807, 2.05) is 0 Å². The highest BCUT2D eigenvalue weighted by Crippen LogP contribution is 2.73. The first-order chi connectivity index (χ1) is 30.6. The molecular weight excluding hydrogens is 864 g/mol. The molecule has 4 aromatic carbocycles. The molecule has 0 aliphatic carbocycles. The summed E-state index contributed by atoms with van der Waals surface area (Å²) < 4.78 is 0. The summed E-state index contributed by atoms with van der Waals surface area (Å²) in [6, 6.07) is 21.2. The summed E-state index contributed by atoms with van der Waals surface area (Å²) in [7, 11) is -7.87. The highest BCUT2D eigenvalue weighted by atomic mass is 31.7. The molecule has 3 heterocycles. The van der Waals surface area contributed by atoms with Crippen molar-refractivity contribution in [1.82, 2.24) is 0 Å². The Morgan fingerprint density at radius 1 is 0.273 bits per heavy atom. The second kappa shape index (κ2) is 19.1. The number of rotatable bonds is 16. The molecule has 66 heavy (non-hydrogen) atoms. The summed E-state index contributed by atoms with van der Waals surface area (Å²) in [6.45, 7) is 58.5. The van der Waals surface area contributed by atoms with Crippen LogP contribution in [0.15, 0.2) is 48.5 Å². The molecule has 3 aliphatic rings. The Morgan fingerprint density at radius 2 is 0.439 bits per heavy atom. The van der Waals surface area contributed by atoms with Crippen LogP contribution in [0.2, 0.25) is 0 Å². The third-order valence-corrected chi connectivity index (χ3v) is 76.1. The Bertz CT molecular complexity index is 2190. The van der Waals surface area contributed by atoms with E-state index in [1.165, 1.54) is 44.5 Å². The molecule has 3 aliphatic heterocycles. The molecule has 3 saturated heterocycles. The Labute approximate surface area is 410 Å². The molecule has 2 atom stereocenters. The highest BCUT2D eigenvalue weighted by molar-refractivity contribution is 8.60. The van der Waals surface area contributed by atoms with E-state index in [-0.39, 0.29) is 0 Å². The van der Waals surface area contributed by atoms with Gasteiger partial charge in [-0.05, 0) is 138 Å². The summed E-state index contributed by atoms with van der Waals surface area (Å²) in [5, 5.41) is 7.40. The van der Waals surface area contributed by atoms with Gasteiger partial charge in [-0.2, -0.15) is 0 Å². The maximum absolute atomic E-state index is 17.7. The van der Waals surface area contributed by atoms with Crippen molar-refractivity contribution in [1.29, 1.82) is 0 Å². The SMILES string of the molecule is CC(C)c1cc(C(C)C)c([Si]23[P-][Si](c4c(C(C)C)cc(C(C)C)cc4C(C)C)(C2=O)[Si]3(c2c(C(C)C)cc(C(C)C)cc2C(C)C)c2c(C(C)C)cc(C(C)C)cc2C(C)C)c(C(C)C)c1. The normalized spacial score (nSPS) is 19.9. The van der Waals surface area contributed by atoms with Gasteiger partial charge in [-0.3, -0.25) is 0 Å². The van der Waals surface area contributed by atoms with Crippen molar-refractivity contribution in [3.8, 4) is 0 Å². The van der Waals surface area contributed by atoms with Gasteiger partial charge >= 0.3 is 0 Å². The van der Waals surface area contributed by atoms with Crippen molar-refractivity contribution in [3.63, 3.8) is 0 Å². The Morgan fingerprint density at radius 3 is 0.576 bits per heavy atom. The van der Waals surface area contributed by atoms with Crippen LogP contribution in [-0.4, -0.2) is 26.7 Å². The number of hydrogen-bond acceptors (Lipinski definition) is 1. The van der Waals surface area contributed by atoms with Gasteiger partial charge in [0.25, 0.3) is 0 Å². The van der Waals surface area contributed by atoms with Crippen LogP contribution in [0.4, 0.5) is 4.79 Å². The van der Waals surface area contributed by atoms with E-state index in [0.29, 0.717) is 71.0 Å². The van der Waals surface area contributed by atoms with Crippen LogP contribution in [0.3, 0.4) is 0 Å². The molecular formula is C61H92OPSi3-. The van der Waals surface area contributed by atoms with Gasteiger partial charge in [0, 0.05) is 19.5 Å². The lowest BCUT2D eigenvalue weighted by Crippen LogP contribution is -3.16. The molecule has 0 radical (unpaired) electrons. The zero-order valence-electron chi connectivity index (χ0n) is 46.4. The minimum atomic E-state index is -3.17. The van der Waals surface area contributed by atoms with E-state index in [4.69, 9.17) is 0 Å². The lowest BCUT2D eigenvalue weighted by atomic mass is 9.89. The van der Waals surface area contributed by atoms with E-state index < -0.39 is 21.6 Å². The number of hydrogen-bond donors (Lipinski definition) is 0. The van der Waals surface area contributed by atoms with Crippen molar-refractivity contribution >= 4 is 55.1 Å². The first kappa shape index (κ1) is 53.0. The van der Waals surface area contributed by atoms with Gasteiger partial charge < -0.3 is 12.5 Å². The molecule has 0 saturated carbocycles. The quantitative estimate of drug-likeness (QED) is 0.0808. The fourth-order valence-corrected chi connectivity index (χ4v) is 98.1. The van der Waals surface area contributed by atoms with Crippen LogP contribution in [0.5, 0.6) is 0 Å². The second-order valence-electron chi connectivity index (χ2n) is 24.8. The summed E-state index contributed by atoms with van der Waals surface area (Å²) in [6.07, 6.45) is 0. The summed E-state index contributed by atoms with van der Waals surface area (Å²) in [5.74, 6) is 4.15. The topological polar surface area (TPSA) is 17.1 Å². The van der Waals surface area contributed by atoms with Crippen LogP contribution in [0.25, 0.3) is 0 Å². The molecule has 5 heteroatoms. The molecule has 360 valence electrons. The van der Waals surface area contributed by atoms with Crippen molar-refractivity contribution in [2.24, 2.45) is 0 Å². The molecule has 3 fully saturated rings. The highest BCUT2D eigenvalue weighted by Gasteiger charge is 2.86. The number of benzene rings is 4. The summed E-state index contributed by atoms with van der Waals surface area (Å²) >= 11 is 0. The smallest absolute Gasteiger partial charge is 0.0775 e. The molecule has 1 nitrogen and oxygen atoms in total. The van der Waals surface area contributed by atoms with Crippen LogP contribution < -0.4 is 20.7 Å². The minimum Gasteiger partial charge on any atom is -0.520 e. The van der Waals surface area contributed by atoms with Crippen LogP contribution in [-0.2, 0) is 0 Å². The monoisotopic (exact) mass is 956 g/mol. The van der Waals surface area contributed by atoms with E-state index >= 15 is 4.79 Å². The lowest BCUT2D eigenvalue weighted by molar-refractivity contribution is 0.272. The molecule has 0 N–H and O–H groups in total. The van der Waals surface area contributed by atoms with E-state index in [0.717, 1.165) is 5.03 Å². The van der Waals surface area contributed by atoms with Crippen molar-refractivity contribution in [2.45, 2.75) is 237 Å². The summed E-state index contributed by atoms with van der Waals surface area (Å²) in [4.78, 5) is 17.7.